The zero-order valence-electron chi connectivity index (χ0n) is 15.2. The SMILES string of the molecule is COc1ccc2nnc(CCCC(=O)N[C@@H](CO)Cc3ccccc3)n2n1. The first-order valence-corrected chi connectivity index (χ1v) is 8.89. The number of hydrogen-bond acceptors (Lipinski definition) is 6. The maximum atomic E-state index is 12.2. The lowest BCUT2D eigenvalue weighted by atomic mass is 10.1. The molecule has 0 aliphatic carbocycles. The topological polar surface area (TPSA) is 102 Å². The standard InChI is InChI=1S/C19H23N5O3/c1-27-19-11-10-17-22-21-16(24(17)23-19)8-5-9-18(26)20-15(13-25)12-14-6-3-2-4-7-14/h2-4,6-7,10-11,15,25H,5,8-9,12-13H2,1H3,(H,20,26)/t15-/m1/s1. The zero-order chi connectivity index (χ0) is 19.1. The zero-order valence-corrected chi connectivity index (χ0v) is 15.2. The molecule has 2 aromatic heterocycles. The molecule has 0 aliphatic rings. The van der Waals surface area contributed by atoms with Crippen LogP contribution in [-0.2, 0) is 17.6 Å². The van der Waals surface area contributed by atoms with Gasteiger partial charge in [-0.25, -0.2) is 0 Å². The minimum Gasteiger partial charge on any atom is -0.480 e. The molecule has 2 N–H and O–H groups in total. The molecular formula is C19H23N5O3. The Bertz CT molecular complexity index is 881. The van der Waals surface area contributed by atoms with Crippen molar-refractivity contribution in [3.63, 3.8) is 0 Å². The summed E-state index contributed by atoms with van der Waals surface area (Å²) in [5, 5.41) is 24.9. The van der Waals surface area contributed by atoms with E-state index in [1.54, 1.807) is 23.8 Å². The van der Waals surface area contributed by atoms with Crippen LogP contribution in [0.3, 0.4) is 0 Å². The van der Waals surface area contributed by atoms with Gasteiger partial charge in [-0.1, -0.05) is 30.3 Å². The quantitative estimate of drug-likeness (QED) is 0.587. The first-order chi connectivity index (χ1) is 13.2. The van der Waals surface area contributed by atoms with Crippen molar-refractivity contribution in [1.82, 2.24) is 25.1 Å². The number of benzene rings is 1. The van der Waals surface area contributed by atoms with E-state index < -0.39 is 0 Å². The van der Waals surface area contributed by atoms with Gasteiger partial charge in [0.25, 0.3) is 0 Å². The lowest BCUT2D eigenvalue weighted by Crippen LogP contribution is -2.39. The Labute approximate surface area is 157 Å². The predicted octanol–water partition coefficient (Wildman–Crippen LogP) is 1.18. The van der Waals surface area contributed by atoms with Gasteiger partial charge in [-0.05, 0) is 24.5 Å². The molecule has 3 rings (SSSR count). The number of aryl methyl sites for hydroxylation is 1. The van der Waals surface area contributed by atoms with Gasteiger partial charge in [0, 0.05) is 18.9 Å². The van der Waals surface area contributed by atoms with E-state index in [9.17, 15) is 9.90 Å². The van der Waals surface area contributed by atoms with E-state index in [0.29, 0.717) is 43.0 Å². The van der Waals surface area contributed by atoms with E-state index in [1.807, 2.05) is 30.3 Å². The van der Waals surface area contributed by atoms with Crippen LogP contribution in [0.2, 0.25) is 0 Å². The molecule has 27 heavy (non-hydrogen) atoms. The average Bonchev–Trinajstić information content (AvgIpc) is 3.10. The summed E-state index contributed by atoms with van der Waals surface area (Å²) in [5.41, 5.74) is 1.71. The first-order valence-electron chi connectivity index (χ1n) is 8.89. The molecule has 8 nitrogen and oxygen atoms in total. The van der Waals surface area contributed by atoms with Crippen molar-refractivity contribution in [1.29, 1.82) is 0 Å². The van der Waals surface area contributed by atoms with Crippen LogP contribution >= 0.6 is 0 Å². The summed E-state index contributed by atoms with van der Waals surface area (Å²) in [7, 11) is 1.55. The van der Waals surface area contributed by atoms with Crippen molar-refractivity contribution in [2.24, 2.45) is 0 Å². The number of hydrogen-bond donors (Lipinski definition) is 2. The lowest BCUT2D eigenvalue weighted by molar-refractivity contribution is -0.122. The van der Waals surface area contributed by atoms with E-state index in [-0.39, 0.29) is 18.6 Å². The van der Waals surface area contributed by atoms with Gasteiger partial charge in [0.2, 0.25) is 11.8 Å². The van der Waals surface area contributed by atoms with E-state index in [4.69, 9.17) is 4.74 Å². The number of carbonyl (C=O) groups is 1. The number of nitrogens with zero attached hydrogens (tertiary/aromatic N) is 4. The second-order valence-electron chi connectivity index (χ2n) is 6.25. The van der Waals surface area contributed by atoms with Gasteiger partial charge < -0.3 is 15.2 Å². The number of amides is 1. The highest BCUT2D eigenvalue weighted by Gasteiger charge is 2.13. The van der Waals surface area contributed by atoms with Crippen LogP contribution in [0, 0.1) is 0 Å². The second kappa shape index (κ2) is 9.09. The number of methoxy groups -OCH3 is 1. The van der Waals surface area contributed by atoms with Crippen LogP contribution < -0.4 is 10.1 Å². The molecule has 0 bridgehead atoms. The molecule has 142 valence electrons. The van der Waals surface area contributed by atoms with Crippen LogP contribution in [0.25, 0.3) is 5.65 Å². The summed E-state index contributed by atoms with van der Waals surface area (Å²) in [4.78, 5) is 12.2. The minimum atomic E-state index is -0.292. The van der Waals surface area contributed by atoms with Gasteiger partial charge in [0.05, 0.1) is 19.8 Å². The molecule has 1 aromatic carbocycles. The molecule has 0 radical (unpaired) electrons. The highest BCUT2D eigenvalue weighted by atomic mass is 16.5. The van der Waals surface area contributed by atoms with Crippen molar-refractivity contribution in [3.05, 3.63) is 53.9 Å². The second-order valence-corrected chi connectivity index (χ2v) is 6.25. The van der Waals surface area contributed by atoms with E-state index in [1.165, 1.54) is 0 Å². The van der Waals surface area contributed by atoms with Crippen molar-refractivity contribution < 1.29 is 14.6 Å². The molecule has 0 spiro atoms. The van der Waals surface area contributed by atoms with Gasteiger partial charge in [-0.2, -0.15) is 4.52 Å². The third-order valence-corrected chi connectivity index (χ3v) is 4.23. The van der Waals surface area contributed by atoms with Gasteiger partial charge in [0.1, 0.15) is 0 Å². The molecular weight excluding hydrogens is 346 g/mol. The number of aliphatic hydroxyl groups excluding tert-OH is 1. The summed E-state index contributed by atoms with van der Waals surface area (Å²) < 4.78 is 6.75. The summed E-state index contributed by atoms with van der Waals surface area (Å²) in [6.07, 6.45) is 2.11. The van der Waals surface area contributed by atoms with Gasteiger partial charge in [0.15, 0.2) is 11.5 Å². The summed E-state index contributed by atoms with van der Waals surface area (Å²) in [6, 6.07) is 13.0. The molecule has 0 saturated carbocycles. The van der Waals surface area contributed by atoms with Gasteiger partial charge in [-0.3, -0.25) is 4.79 Å². The van der Waals surface area contributed by atoms with Gasteiger partial charge in [-0.15, -0.1) is 15.3 Å². The highest BCUT2D eigenvalue weighted by Crippen LogP contribution is 2.10. The number of rotatable bonds is 9. The number of nitrogens with one attached hydrogen (secondary N) is 1. The highest BCUT2D eigenvalue weighted by molar-refractivity contribution is 5.76. The smallest absolute Gasteiger partial charge is 0.231 e. The number of aromatic nitrogens is 4. The minimum absolute atomic E-state index is 0.0932. The maximum absolute atomic E-state index is 12.2. The van der Waals surface area contributed by atoms with Crippen molar-refractivity contribution >= 4 is 11.6 Å². The molecule has 0 saturated heterocycles. The monoisotopic (exact) mass is 369 g/mol. The fourth-order valence-electron chi connectivity index (χ4n) is 2.85. The fraction of sp³-hybridized carbons (Fsp3) is 0.368. The number of carbonyl (C=O) groups excluding carboxylic acids is 1. The van der Waals surface area contributed by atoms with Crippen LogP contribution in [0.1, 0.15) is 24.2 Å². The Morgan fingerprint density at radius 2 is 2.04 bits per heavy atom. The molecule has 3 aromatic rings. The largest absolute Gasteiger partial charge is 0.480 e. The lowest BCUT2D eigenvalue weighted by Gasteiger charge is -2.16. The molecule has 0 fully saturated rings. The summed E-state index contributed by atoms with van der Waals surface area (Å²) in [5.74, 6) is 1.07. The molecule has 1 atom stereocenters. The van der Waals surface area contributed by atoms with E-state index >= 15 is 0 Å². The summed E-state index contributed by atoms with van der Waals surface area (Å²) in [6.45, 7) is -0.0981. The summed E-state index contributed by atoms with van der Waals surface area (Å²) >= 11 is 0. The average molecular weight is 369 g/mol. The van der Waals surface area contributed by atoms with Crippen molar-refractivity contribution in [2.75, 3.05) is 13.7 Å². The van der Waals surface area contributed by atoms with Crippen LogP contribution in [0.5, 0.6) is 5.88 Å². The Morgan fingerprint density at radius 3 is 2.78 bits per heavy atom. The van der Waals surface area contributed by atoms with E-state index in [0.717, 1.165) is 5.56 Å². The molecule has 0 unspecified atom stereocenters. The van der Waals surface area contributed by atoms with Gasteiger partial charge >= 0.3 is 0 Å². The van der Waals surface area contributed by atoms with Crippen molar-refractivity contribution in [3.8, 4) is 5.88 Å². The number of ether oxygens (including phenoxy) is 1. The Kier molecular flexibility index (Phi) is 6.32. The molecule has 0 aliphatic heterocycles. The first kappa shape index (κ1) is 18.8. The van der Waals surface area contributed by atoms with Crippen LogP contribution in [0.4, 0.5) is 0 Å². The molecule has 2 heterocycles. The normalized spacial score (nSPS) is 12.1. The van der Waals surface area contributed by atoms with Crippen LogP contribution in [-0.4, -0.2) is 50.6 Å². The molecule has 1 amide bonds. The number of fused-ring (bicyclic) bond motifs is 1. The predicted molar refractivity (Wildman–Crippen MR) is 99.4 cm³/mol. The Morgan fingerprint density at radius 1 is 1.22 bits per heavy atom. The number of aliphatic hydroxyl groups is 1. The Balaban J connectivity index is 1.50. The fourth-order valence-corrected chi connectivity index (χ4v) is 2.85. The third-order valence-electron chi connectivity index (χ3n) is 4.23. The van der Waals surface area contributed by atoms with E-state index in [2.05, 4.69) is 20.6 Å². The third kappa shape index (κ3) is 5.01. The maximum Gasteiger partial charge on any atom is 0.231 e. The van der Waals surface area contributed by atoms with Crippen LogP contribution in [0.15, 0.2) is 42.5 Å². The molecule has 8 heteroatoms. The Hall–Kier alpha value is -3.00. The van der Waals surface area contributed by atoms with Crippen molar-refractivity contribution in [2.45, 2.75) is 31.7 Å².